The summed E-state index contributed by atoms with van der Waals surface area (Å²) in [6.07, 6.45) is 0.879. The minimum atomic E-state index is -0.363. The summed E-state index contributed by atoms with van der Waals surface area (Å²) in [5.74, 6) is 0.388. The van der Waals surface area contributed by atoms with Crippen molar-refractivity contribution in [3.63, 3.8) is 0 Å². The lowest BCUT2D eigenvalue weighted by atomic mass is 10.2. The van der Waals surface area contributed by atoms with E-state index in [9.17, 15) is 9.18 Å². The molecule has 2 aromatic carbocycles. The maximum absolute atomic E-state index is 13.0. The maximum atomic E-state index is 13.0. The number of halogens is 2. The first-order valence-corrected chi connectivity index (χ1v) is 8.36. The van der Waals surface area contributed by atoms with Gasteiger partial charge in [-0.25, -0.2) is 4.39 Å². The van der Waals surface area contributed by atoms with Gasteiger partial charge in [-0.1, -0.05) is 18.2 Å². The van der Waals surface area contributed by atoms with Gasteiger partial charge in [0.15, 0.2) is 0 Å². The van der Waals surface area contributed by atoms with E-state index in [1.54, 1.807) is 11.8 Å². The SMILES string of the molecule is O=C(NCCCSc1ccccc1)c1ccc(F)cc1Br. The lowest BCUT2D eigenvalue weighted by molar-refractivity contribution is 0.0953. The van der Waals surface area contributed by atoms with E-state index >= 15 is 0 Å². The molecule has 5 heteroatoms. The first kappa shape index (κ1) is 16.0. The van der Waals surface area contributed by atoms with Crippen molar-refractivity contribution in [2.75, 3.05) is 12.3 Å². The summed E-state index contributed by atoms with van der Waals surface area (Å²) in [6, 6.07) is 14.2. The van der Waals surface area contributed by atoms with Gasteiger partial charge in [0, 0.05) is 15.9 Å². The van der Waals surface area contributed by atoms with Crippen LogP contribution in [0.5, 0.6) is 0 Å². The Labute approximate surface area is 136 Å². The molecule has 110 valence electrons. The topological polar surface area (TPSA) is 29.1 Å². The molecule has 0 aliphatic carbocycles. The van der Waals surface area contributed by atoms with Gasteiger partial charge in [0.1, 0.15) is 5.82 Å². The molecular formula is C16H15BrFNOS. The molecule has 2 aromatic rings. The van der Waals surface area contributed by atoms with Crippen LogP contribution in [-0.4, -0.2) is 18.2 Å². The van der Waals surface area contributed by atoms with Gasteiger partial charge in [0.2, 0.25) is 0 Å². The summed E-state index contributed by atoms with van der Waals surface area (Å²) < 4.78 is 13.4. The predicted molar refractivity (Wildman–Crippen MR) is 88.2 cm³/mol. The molecule has 21 heavy (non-hydrogen) atoms. The van der Waals surface area contributed by atoms with Crippen LogP contribution in [0.25, 0.3) is 0 Å². The van der Waals surface area contributed by atoms with E-state index in [1.807, 2.05) is 18.2 Å². The fraction of sp³-hybridized carbons (Fsp3) is 0.188. The molecule has 2 nitrogen and oxygen atoms in total. The van der Waals surface area contributed by atoms with Gasteiger partial charge in [-0.15, -0.1) is 11.8 Å². The van der Waals surface area contributed by atoms with Crippen LogP contribution in [0.3, 0.4) is 0 Å². The molecule has 0 saturated heterocycles. The molecule has 0 fully saturated rings. The molecule has 0 radical (unpaired) electrons. The summed E-state index contributed by atoms with van der Waals surface area (Å²) in [6.45, 7) is 0.600. The van der Waals surface area contributed by atoms with Gasteiger partial charge in [-0.2, -0.15) is 0 Å². The number of hydrogen-bond donors (Lipinski definition) is 1. The van der Waals surface area contributed by atoms with Gasteiger partial charge in [-0.3, -0.25) is 4.79 Å². The quantitative estimate of drug-likeness (QED) is 0.601. The molecule has 0 heterocycles. The van der Waals surface area contributed by atoms with Crippen molar-refractivity contribution in [1.29, 1.82) is 0 Å². The van der Waals surface area contributed by atoms with Crippen molar-refractivity contribution in [3.8, 4) is 0 Å². The Hall–Kier alpha value is -1.33. The third-order valence-corrected chi connectivity index (χ3v) is 4.55. The van der Waals surface area contributed by atoms with Crippen LogP contribution in [0, 0.1) is 5.82 Å². The summed E-state index contributed by atoms with van der Waals surface area (Å²) in [5.41, 5.74) is 0.451. The molecule has 0 aromatic heterocycles. The average molecular weight is 368 g/mol. The summed E-state index contributed by atoms with van der Waals surface area (Å²) in [5, 5.41) is 2.84. The minimum absolute atomic E-state index is 0.188. The first-order valence-electron chi connectivity index (χ1n) is 6.58. The van der Waals surface area contributed by atoms with Gasteiger partial charge in [-0.05, 0) is 58.4 Å². The fourth-order valence-electron chi connectivity index (χ4n) is 1.75. The second-order valence-electron chi connectivity index (χ2n) is 4.40. The van der Waals surface area contributed by atoms with Gasteiger partial charge in [0.05, 0.1) is 5.56 Å². The van der Waals surface area contributed by atoms with E-state index in [4.69, 9.17) is 0 Å². The number of carbonyl (C=O) groups is 1. The second-order valence-corrected chi connectivity index (χ2v) is 6.42. The highest BCUT2D eigenvalue weighted by Crippen LogP contribution is 2.19. The van der Waals surface area contributed by atoms with Crippen LogP contribution in [0.4, 0.5) is 4.39 Å². The van der Waals surface area contributed by atoms with Gasteiger partial charge < -0.3 is 5.32 Å². The number of rotatable bonds is 6. The van der Waals surface area contributed by atoms with Crippen molar-refractivity contribution in [2.24, 2.45) is 0 Å². The van der Waals surface area contributed by atoms with Crippen molar-refractivity contribution in [1.82, 2.24) is 5.32 Å². The lowest BCUT2D eigenvalue weighted by Gasteiger charge is -2.07. The third kappa shape index (κ3) is 5.17. The number of carbonyl (C=O) groups excluding carboxylic acids is 1. The average Bonchev–Trinajstić information content (AvgIpc) is 2.47. The highest BCUT2D eigenvalue weighted by atomic mass is 79.9. The normalized spacial score (nSPS) is 10.4. The number of nitrogens with one attached hydrogen (secondary N) is 1. The van der Waals surface area contributed by atoms with Crippen molar-refractivity contribution < 1.29 is 9.18 Å². The Kier molecular flexibility index (Phi) is 6.26. The first-order chi connectivity index (χ1) is 10.2. The zero-order chi connectivity index (χ0) is 15.1. The Morgan fingerprint density at radius 3 is 2.67 bits per heavy atom. The molecule has 0 atom stereocenters. The number of amides is 1. The Morgan fingerprint density at radius 2 is 1.95 bits per heavy atom. The predicted octanol–water partition coefficient (Wildman–Crippen LogP) is 4.50. The number of thioether (sulfide) groups is 1. The minimum Gasteiger partial charge on any atom is -0.352 e. The monoisotopic (exact) mass is 367 g/mol. The van der Waals surface area contributed by atoms with Crippen LogP contribution >= 0.6 is 27.7 Å². The molecular weight excluding hydrogens is 353 g/mol. The van der Waals surface area contributed by atoms with Crippen molar-refractivity contribution in [2.45, 2.75) is 11.3 Å². The van der Waals surface area contributed by atoms with E-state index < -0.39 is 0 Å². The summed E-state index contributed by atoms with van der Waals surface area (Å²) in [4.78, 5) is 13.2. The molecule has 0 spiro atoms. The highest BCUT2D eigenvalue weighted by Gasteiger charge is 2.09. The Balaban J connectivity index is 1.72. The van der Waals surface area contributed by atoms with Gasteiger partial charge >= 0.3 is 0 Å². The zero-order valence-electron chi connectivity index (χ0n) is 11.3. The molecule has 0 saturated carbocycles. The highest BCUT2D eigenvalue weighted by molar-refractivity contribution is 9.10. The standard InChI is InChI=1S/C16H15BrFNOS/c17-15-11-12(18)7-8-14(15)16(20)19-9-4-10-21-13-5-2-1-3-6-13/h1-3,5-8,11H,4,9-10H2,(H,19,20). The van der Waals surface area contributed by atoms with Gasteiger partial charge in [0.25, 0.3) is 5.91 Å². The maximum Gasteiger partial charge on any atom is 0.252 e. The lowest BCUT2D eigenvalue weighted by Crippen LogP contribution is -2.25. The fourth-order valence-corrected chi connectivity index (χ4v) is 3.15. The smallest absolute Gasteiger partial charge is 0.252 e. The molecule has 0 bridgehead atoms. The molecule has 2 rings (SSSR count). The van der Waals surface area contributed by atoms with Crippen LogP contribution in [0.1, 0.15) is 16.8 Å². The molecule has 1 N–H and O–H groups in total. The van der Waals surface area contributed by atoms with Crippen LogP contribution in [-0.2, 0) is 0 Å². The summed E-state index contributed by atoms with van der Waals surface area (Å²) in [7, 11) is 0. The molecule has 0 aliphatic rings. The van der Waals surface area contributed by atoms with Crippen molar-refractivity contribution >= 4 is 33.6 Å². The van der Waals surface area contributed by atoms with E-state index in [1.165, 1.54) is 23.1 Å². The van der Waals surface area contributed by atoms with Crippen LogP contribution < -0.4 is 5.32 Å². The molecule has 1 amide bonds. The van der Waals surface area contributed by atoms with E-state index in [0.29, 0.717) is 16.6 Å². The Morgan fingerprint density at radius 1 is 1.19 bits per heavy atom. The van der Waals surface area contributed by atoms with E-state index in [2.05, 4.69) is 33.4 Å². The molecule has 0 aliphatic heterocycles. The van der Waals surface area contributed by atoms with E-state index in [0.717, 1.165) is 12.2 Å². The largest absolute Gasteiger partial charge is 0.352 e. The van der Waals surface area contributed by atoms with Crippen LogP contribution in [0.2, 0.25) is 0 Å². The van der Waals surface area contributed by atoms with Crippen LogP contribution in [0.15, 0.2) is 57.9 Å². The molecule has 0 unspecified atom stereocenters. The number of hydrogen-bond acceptors (Lipinski definition) is 2. The van der Waals surface area contributed by atoms with Crippen molar-refractivity contribution in [3.05, 3.63) is 64.4 Å². The third-order valence-electron chi connectivity index (χ3n) is 2.79. The second kappa shape index (κ2) is 8.20. The summed E-state index contributed by atoms with van der Waals surface area (Å²) >= 11 is 4.96. The zero-order valence-corrected chi connectivity index (χ0v) is 13.7. The van der Waals surface area contributed by atoms with E-state index in [-0.39, 0.29) is 11.7 Å². The number of benzene rings is 2. The Bertz CT molecular complexity index is 606.